The van der Waals surface area contributed by atoms with E-state index in [4.69, 9.17) is 5.26 Å². The predicted octanol–water partition coefficient (Wildman–Crippen LogP) is 1.11. The number of thioether (sulfide) groups is 1. The molecule has 0 fully saturated rings. The van der Waals surface area contributed by atoms with Gasteiger partial charge < -0.3 is 5.32 Å². The Kier molecular flexibility index (Phi) is 2.88. The number of nitriles is 1. The largest absolute Gasteiger partial charge is 0.372 e. The molecular formula is C7H8N4S. The fourth-order valence-corrected chi connectivity index (χ4v) is 1.31. The van der Waals surface area contributed by atoms with Gasteiger partial charge in [-0.05, 0) is 6.26 Å². The molecule has 0 aromatic carbocycles. The summed E-state index contributed by atoms with van der Waals surface area (Å²) in [5.74, 6) is 0.580. The number of hydrogen-bond acceptors (Lipinski definition) is 5. The summed E-state index contributed by atoms with van der Waals surface area (Å²) >= 11 is 1.44. The summed E-state index contributed by atoms with van der Waals surface area (Å²) in [7, 11) is 1.73. The lowest BCUT2D eigenvalue weighted by atomic mass is 10.3. The molecule has 1 aromatic heterocycles. The molecule has 0 spiro atoms. The Morgan fingerprint density at radius 1 is 1.58 bits per heavy atom. The van der Waals surface area contributed by atoms with Crippen LogP contribution in [0.25, 0.3) is 0 Å². The molecule has 0 radical (unpaired) electrons. The van der Waals surface area contributed by atoms with Crippen LogP contribution in [-0.4, -0.2) is 23.3 Å². The topological polar surface area (TPSA) is 61.6 Å². The summed E-state index contributed by atoms with van der Waals surface area (Å²) in [5, 5.41) is 12.3. The summed E-state index contributed by atoms with van der Waals surface area (Å²) in [6, 6.07) is 2.06. The van der Waals surface area contributed by atoms with Gasteiger partial charge in [-0.1, -0.05) is 0 Å². The van der Waals surface area contributed by atoms with E-state index in [9.17, 15) is 0 Å². The molecular weight excluding hydrogens is 172 g/mol. The molecule has 12 heavy (non-hydrogen) atoms. The van der Waals surface area contributed by atoms with Crippen molar-refractivity contribution in [1.29, 1.82) is 5.26 Å². The second kappa shape index (κ2) is 3.93. The Bertz CT molecular complexity index is 295. The van der Waals surface area contributed by atoms with Crippen LogP contribution in [0.4, 0.5) is 5.82 Å². The molecule has 0 unspecified atom stereocenters. The summed E-state index contributed by atoms with van der Waals surface area (Å²) in [4.78, 5) is 7.88. The zero-order valence-corrected chi connectivity index (χ0v) is 7.64. The lowest BCUT2D eigenvalue weighted by Crippen LogP contribution is -1.98. The molecule has 0 aliphatic carbocycles. The smallest absolute Gasteiger partial charge is 0.148 e. The number of aromatic nitrogens is 2. The Balaban J connectivity index is 3.25. The quantitative estimate of drug-likeness (QED) is 0.545. The van der Waals surface area contributed by atoms with Crippen LogP contribution in [-0.2, 0) is 0 Å². The van der Waals surface area contributed by atoms with E-state index in [1.165, 1.54) is 18.1 Å². The van der Waals surface area contributed by atoms with Crippen molar-refractivity contribution >= 4 is 17.6 Å². The number of hydrogen-bond donors (Lipinski definition) is 1. The van der Waals surface area contributed by atoms with Crippen molar-refractivity contribution in [2.75, 3.05) is 18.6 Å². The van der Waals surface area contributed by atoms with Crippen LogP contribution in [0.2, 0.25) is 0 Å². The van der Waals surface area contributed by atoms with Crippen molar-refractivity contribution in [3.05, 3.63) is 11.9 Å². The highest BCUT2D eigenvalue weighted by Gasteiger charge is 2.07. The minimum absolute atomic E-state index is 0.507. The zero-order chi connectivity index (χ0) is 8.97. The summed E-state index contributed by atoms with van der Waals surface area (Å²) in [6.07, 6.45) is 3.32. The molecule has 0 aliphatic rings. The molecule has 5 heteroatoms. The summed E-state index contributed by atoms with van der Waals surface area (Å²) in [6.45, 7) is 0. The maximum absolute atomic E-state index is 8.78. The average molecular weight is 180 g/mol. The molecule has 1 heterocycles. The molecule has 0 saturated carbocycles. The average Bonchev–Trinajstić information content (AvgIpc) is 2.16. The van der Waals surface area contributed by atoms with Gasteiger partial charge in [0.1, 0.15) is 28.8 Å². The van der Waals surface area contributed by atoms with Crippen molar-refractivity contribution in [2.24, 2.45) is 0 Å². The standard InChI is InChI=1S/C7H8N4S/c1-9-6-5(3-8)7(12-2)11-4-10-6/h4H,1-2H3,(H,9,10,11). The summed E-state index contributed by atoms with van der Waals surface area (Å²) < 4.78 is 0. The van der Waals surface area contributed by atoms with Crippen LogP contribution in [0.5, 0.6) is 0 Å². The molecule has 0 aliphatic heterocycles. The lowest BCUT2D eigenvalue weighted by Gasteiger charge is -2.03. The molecule has 0 amide bonds. The van der Waals surface area contributed by atoms with Gasteiger partial charge in [0.25, 0.3) is 0 Å². The Labute approximate surface area is 75.0 Å². The van der Waals surface area contributed by atoms with E-state index in [2.05, 4.69) is 21.4 Å². The van der Waals surface area contributed by atoms with Crippen LogP contribution in [0.15, 0.2) is 11.4 Å². The highest BCUT2D eigenvalue weighted by molar-refractivity contribution is 7.98. The van der Waals surface area contributed by atoms with Gasteiger partial charge in [0.2, 0.25) is 0 Å². The lowest BCUT2D eigenvalue weighted by molar-refractivity contribution is 1.03. The molecule has 62 valence electrons. The van der Waals surface area contributed by atoms with E-state index in [-0.39, 0.29) is 0 Å². The van der Waals surface area contributed by atoms with Crippen LogP contribution >= 0.6 is 11.8 Å². The molecule has 1 rings (SSSR count). The van der Waals surface area contributed by atoms with Crippen molar-refractivity contribution in [3.8, 4) is 6.07 Å². The zero-order valence-electron chi connectivity index (χ0n) is 6.83. The first-order chi connectivity index (χ1) is 5.83. The first-order valence-electron chi connectivity index (χ1n) is 3.30. The number of nitrogens with one attached hydrogen (secondary N) is 1. The number of rotatable bonds is 2. The van der Waals surface area contributed by atoms with Crippen molar-refractivity contribution in [3.63, 3.8) is 0 Å². The van der Waals surface area contributed by atoms with E-state index in [0.717, 1.165) is 0 Å². The van der Waals surface area contributed by atoms with Gasteiger partial charge in [0.05, 0.1) is 0 Å². The molecule has 1 N–H and O–H groups in total. The van der Waals surface area contributed by atoms with E-state index in [1.54, 1.807) is 7.05 Å². The Hall–Kier alpha value is -1.28. The predicted molar refractivity (Wildman–Crippen MR) is 48.1 cm³/mol. The third-order valence-electron chi connectivity index (χ3n) is 1.35. The van der Waals surface area contributed by atoms with Crippen molar-refractivity contribution < 1.29 is 0 Å². The monoisotopic (exact) mass is 180 g/mol. The molecule has 0 atom stereocenters. The molecule has 0 saturated heterocycles. The van der Waals surface area contributed by atoms with Gasteiger partial charge in [0, 0.05) is 7.05 Å². The van der Waals surface area contributed by atoms with E-state index in [0.29, 0.717) is 16.4 Å². The van der Waals surface area contributed by atoms with Crippen molar-refractivity contribution in [1.82, 2.24) is 9.97 Å². The second-order valence-electron chi connectivity index (χ2n) is 1.97. The van der Waals surface area contributed by atoms with Gasteiger partial charge in [-0.2, -0.15) is 5.26 Å². The highest BCUT2D eigenvalue weighted by atomic mass is 32.2. The first kappa shape index (κ1) is 8.81. The second-order valence-corrected chi connectivity index (χ2v) is 2.76. The first-order valence-corrected chi connectivity index (χ1v) is 4.52. The Morgan fingerprint density at radius 3 is 2.83 bits per heavy atom. The number of nitrogens with zero attached hydrogens (tertiary/aromatic N) is 3. The van der Waals surface area contributed by atoms with E-state index in [1.807, 2.05) is 6.26 Å². The van der Waals surface area contributed by atoms with E-state index < -0.39 is 0 Å². The minimum atomic E-state index is 0.507. The van der Waals surface area contributed by atoms with Gasteiger partial charge in [-0.25, -0.2) is 9.97 Å². The van der Waals surface area contributed by atoms with Crippen LogP contribution in [0.3, 0.4) is 0 Å². The maximum Gasteiger partial charge on any atom is 0.148 e. The van der Waals surface area contributed by atoms with Crippen LogP contribution in [0.1, 0.15) is 5.56 Å². The molecule has 4 nitrogen and oxygen atoms in total. The van der Waals surface area contributed by atoms with Gasteiger partial charge in [0.15, 0.2) is 0 Å². The van der Waals surface area contributed by atoms with Gasteiger partial charge in [-0.3, -0.25) is 0 Å². The Morgan fingerprint density at radius 2 is 2.33 bits per heavy atom. The summed E-state index contributed by atoms with van der Waals surface area (Å²) in [5.41, 5.74) is 0.507. The molecule has 0 bridgehead atoms. The van der Waals surface area contributed by atoms with E-state index >= 15 is 0 Å². The fourth-order valence-electron chi connectivity index (χ4n) is 0.815. The van der Waals surface area contributed by atoms with Gasteiger partial charge in [-0.15, -0.1) is 11.8 Å². The third kappa shape index (κ3) is 1.48. The number of anilines is 1. The van der Waals surface area contributed by atoms with Crippen LogP contribution < -0.4 is 5.32 Å². The van der Waals surface area contributed by atoms with Gasteiger partial charge >= 0.3 is 0 Å². The molecule has 1 aromatic rings. The van der Waals surface area contributed by atoms with Crippen molar-refractivity contribution in [2.45, 2.75) is 5.03 Å². The SMILES string of the molecule is CNc1ncnc(SC)c1C#N. The minimum Gasteiger partial charge on any atom is -0.372 e. The highest BCUT2D eigenvalue weighted by Crippen LogP contribution is 2.20. The maximum atomic E-state index is 8.78. The van der Waals surface area contributed by atoms with Crippen LogP contribution in [0, 0.1) is 11.3 Å². The fraction of sp³-hybridized carbons (Fsp3) is 0.286. The third-order valence-corrected chi connectivity index (χ3v) is 2.05. The normalized spacial score (nSPS) is 9.08.